The van der Waals surface area contributed by atoms with Gasteiger partial charge in [-0.2, -0.15) is 0 Å². The summed E-state index contributed by atoms with van der Waals surface area (Å²) in [7, 11) is 0. The minimum absolute atomic E-state index is 0.160. The van der Waals surface area contributed by atoms with Crippen molar-refractivity contribution in [2.75, 3.05) is 6.61 Å². The first-order chi connectivity index (χ1) is 9.65. The van der Waals surface area contributed by atoms with Crippen molar-refractivity contribution < 1.29 is 14.6 Å². The van der Waals surface area contributed by atoms with Crippen molar-refractivity contribution in [2.24, 2.45) is 5.41 Å². The van der Waals surface area contributed by atoms with Gasteiger partial charge in [0, 0.05) is 12.6 Å². The molecule has 0 saturated heterocycles. The molecule has 1 fully saturated rings. The topological polar surface area (TPSA) is 58.6 Å². The summed E-state index contributed by atoms with van der Waals surface area (Å²) in [6, 6.07) is 0.160. The fraction of sp³-hybridized carbons (Fsp3) is 0.941. The van der Waals surface area contributed by atoms with Crippen LogP contribution >= 0.6 is 0 Å². The van der Waals surface area contributed by atoms with Crippen molar-refractivity contribution in [1.29, 1.82) is 0 Å². The van der Waals surface area contributed by atoms with Gasteiger partial charge in [-0.15, -0.1) is 0 Å². The van der Waals surface area contributed by atoms with E-state index in [4.69, 9.17) is 4.74 Å². The number of carbonyl (C=O) groups is 1. The highest BCUT2D eigenvalue weighted by molar-refractivity contribution is 5.78. The van der Waals surface area contributed by atoms with E-state index in [0.29, 0.717) is 24.5 Å². The van der Waals surface area contributed by atoms with Crippen LogP contribution in [0.4, 0.5) is 0 Å². The normalized spacial score (nSPS) is 22.2. The standard InChI is InChI=1S/C17H33NO3/c1-13(2)18-17(5,15(19)20)9-6-12-21-14-7-10-16(3,4)11-8-14/h13-14,18H,6-12H2,1-5H3,(H,19,20). The molecule has 2 N–H and O–H groups in total. The molecule has 1 aliphatic carbocycles. The Hall–Kier alpha value is -0.610. The molecule has 0 aliphatic heterocycles. The van der Waals surface area contributed by atoms with Crippen LogP contribution in [0.3, 0.4) is 0 Å². The number of aliphatic carboxylic acids is 1. The predicted octanol–water partition coefficient (Wildman–Crippen LogP) is 3.59. The molecule has 0 heterocycles. The van der Waals surface area contributed by atoms with Gasteiger partial charge in [0.2, 0.25) is 0 Å². The van der Waals surface area contributed by atoms with Crippen LogP contribution in [0, 0.1) is 5.41 Å². The van der Waals surface area contributed by atoms with E-state index >= 15 is 0 Å². The Morgan fingerprint density at radius 3 is 2.43 bits per heavy atom. The second-order valence-corrected chi connectivity index (χ2v) is 7.77. The average molecular weight is 299 g/mol. The smallest absolute Gasteiger partial charge is 0.323 e. The molecule has 0 radical (unpaired) electrons. The van der Waals surface area contributed by atoms with E-state index in [-0.39, 0.29) is 6.04 Å². The summed E-state index contributed by atoms with van der Waals surface area (Å²) in [6.07, 6.45) is 6.45. The molecule has 1 atom stereocenters. The van der Waals surface area contributed by atoms with Gasteiger partial charge in [-0.3, -0.25) is 10.1 Å². The van der Waals surface area contributed by atoms with Crippen LogP contribution in [0.2, 0.25) is 0 Å². The van der Waals surface area contributed by atoms with Crippen molar-refractivity contribution in [3.05, 3.63) is 0 Å². The van der Waals surface area contributed by atoms with Crippen LogP contribution in [0.1, 0.15) is 73.1 Å². The average Bonchev–Trinajstić information content (AvgIpc) is 2.35. The van der Waals surface area contributed by atoms with E-state index < -0.39 is 11.5 Å². The molecule has 0 aromatic rings. The Labute approximate surface area is 129 Å². The first-order valence-corrected chi connectivity index (χ1v) is 8.27. The number of hydrogen-bond donors (Lipinski definition) is 2. The number of nitrogens with one attached hydrogen (secondary N) is 1. The fourth-order valence-electron chi connectivity index (χ4n) is 3.09. The van der Waals surface area contributed by atoms with Gasteiger partial charge in [0.25, 0.3) is 0 Å². The summed E-state index contributed by atoms with van der Waals surface area (Å²) < 4.78 is 5.94. The largest absolute Gasteiger partial charge is 0.480 e. The maximum Gasteiger partial charge on any atom is 0.323 e. The molecule has 0 bridgehead atoms. The van der Waals surface area contributed by atoms with Crippen molar-refractivity contribution in [1.82, 2.24) is 5.32 Å². The zero-order valence-electron chi connectivity index (χ0n) is 14.4. The quantitative estimate of drug-likeness (QED) is 0.672. The first-order valence-electron chi connectivity index (χ1n) is 8.27. The molecule has 1 aliphatic rings. The SMILES string of the molecule is CC(C)NC(C)(CCCOC1CCC(C)(C)CC1)C(=O)O. The molecule has 1 rings (SSSR count). The molecule has 0 aromatic carbocycles. The monoisotopic (exact) mass is 299 g/mol. The molecule has 4 heteroatoms. The van der Waals surface area contributed by atoms with Gasteiger partial charge < -0.3 is 9.84 Å². The molecule has 0 spiro atoms. The second kappa shape index (κ2) is 7.59. The molecule has 0 aromatic heterocycles. The van der Waals surface area contributed by atoms with Gasteiger partial charge in [0.05, 0.1) is 6.10 Å². The zero-order chi connectivity index (χ0) is 16.1. The highest BCUT2D eigenvalue weighted by atomic mass is 16.5. The van der Waals surface area contributed by atoms with Gasteiger partial charge in [0.1, 0.15) is 5.54 Å². The third kappa shape index (κ3) is 6.35. The van der Waals surface area contributed by atoms with Gasteiger partial charge in [-0.05, 0) is 64.7 Å². The Morgan fingerprint density at radius 1 is 1.38 bits per heavy atom. The van der Waals surface area contributed by atoms with E-state index in [0.717, 1.165) is 19.3 Å². The predicted molar refractivity (Wildman–Crippen MR) is 85.5 cm³/mol. The van der Waals surface area contributed by atoms with E-state index in [2.05, 4.69) is 19.2 Å². The van der Waals surface area contributed by atoms with Gasteiger partial charge >= 0.3 is 5.97 Å². The number of rotatable bonds is 8. The fourth-order valence-corrected chi connectivity index (χ4v) is 3.09. The highest BCUT2D eigenvalue weighted by Gasteiger charge is 2.33. The third-order valence-electron chi connectivity index (χ3n) is 4.54. The van der Waals surface area contributed by atoms with Gasteiger partial charge in [0.15, 0.2) is 0 Å². The molecule has 124 valence electrons. The third-order valence-corrected chi connectivity index (χ3v) is 4.54. The van der Waals surface area contributed by atoms with Crippen molar-refractivity contribution in [2.45, 2.75) is 90.8 Å². The number of ether oxygens (including phenoxy) is 1. The maximum atomic E-state index is 11.4. The van der Waals surface area contributed by atoms with Crippen LogP contribution in [0.25, 0.3) is 0 Å². The van der Waals surface area contributed by atoms with Crippen molar-refractivity contribution in [3.63, 3.8) is 0 Å². The Morgan fingerprint density at radius 2 is 1.95 bits per heavy atom. The summed E-state index contributed by atoms with van der Waals surface area (Å²) in [5.41, 5.74) is -0.394. The summed E-state index contributed by atoms with van der Waals surface area (Å²) in [6.45, 7) is 11.0. The zero-order valence-corrected chi connectivity index (χ0v) is 14.4. The highest BCUT2D eigenvalue weighted by Crippen LogP contribution is 2.36. The van der Waals surface area contributed by atoms with Crippen molar-refractivity contribution >= 4 is 5.97 Å². The molecule has 4 nitrogen and oxygen atoms in total. The number of carboxylic acid groups (broad SMARTS) is 1. The lowest BCUT2D eigenvalue weighted by molar-refractivity contribution is -0.145. The minimum Gasteiger partial charge on any atom is -0.480 e. The molecule has 0 amide bonds. The molecule has 21 heavy (non-hydrogen) atoms. The summed E-state index contributed by atoms with van der Waals surface area (Å²) >= 11 is 0. The summed E-state index contributed by atoms with van der Waals surface area (Å²) in [4.78, 5) is 11.4. The Kier molecular flexibility index (Phi) is 6.67. The Bertz CT molecular complexity index is 331. The van der Waals surface area contributed by atoms with Crippen LogP contribution in [0.15, 0.2) is 0 Å². The number of carboxylic acids is 1. The lowest BCUT2D eigenvalue weighted by Crippen LogP contribution is -2.52. The number of hydrogen-bond acceptors (Lipinski definition) is 3. The summed E-state index contributed by atoms with van der Waals surface area (Å²) in [5.74, 6) is -0.782. The molecular formula is C17H33NO3. The van der Waals surface area contributed by atoms with Gasteiger partial charge in [-0.1, -0.05) is 13.8 Å². The molecule has 1 saturated carbocycles. The maximum absolute atomic E-state index is 11.4. The lowest BCUT2D eigenvalue weighted by Gasteiger charge is -2.34. The van der Waals surface area contributed by atoms with Crippen LogP contribution in [-0.2, 0) is 9.53 Å². The molecule has 1 unspecified atom stereocenters. The minimum atomic E-state index is -0.855. The van der Waals surface area contributed by atoms with Crippen LogP contribution in [-0.4, -0.2) is 35.4 Å². The van der Waals surface area contributed by atoms with Crippen molar-refractivity contribution in [3.8, 4) is 0 Å². The van der Waals surface area contributed by atoms with Gasteiger partial charge in [-0.25, -0.2) is 0 Å². The van der Waals surface area contributed by atoms with E-state index in [9.17, 15) is 9.90 Å². The Balaban J connectivity index is 2.27. The van der Waals surface area contributed by atoms with Crippen LogP contribution < -0.4 is 5.32 Å². The summed E-state index contributed by atoms with van der Waals surface area (Å²) in [5, 5.41) is 12.5. The van der Waals surface area contributed by atoms with Crippen LogP contribution in [0.5, 0.6) is 0 Å². The first kappa shape index (κ1) is 18.4. The van der Waals surface area contributed by atoms with E-state index in [1.54, 1.807) is 6.92 Å². The lowest BCUT2D eigenvalue weighted by atomic mass is 9.76. The second-order valence-electron chi connectivity index (χ2n) is 7.77. The van der Waals surface area contributed by atoms with E-state index in [1.807, 2.05) is 13.8 Å². The molecular weight excluding hydrogens is 266 g/mol. The van der Waals surface area contributed by atoms with E-state index in [1.165, 1.54) is 12.8 Å².